The molecule has 116 valence electrons. The first-order valence-electron chi connectivity index (χ1n) is 7.68. The van der Waals surface area contributed by atoms with Gasteiger partial charge in [-0.3, -0.25) is 0 Å². The molecule has 2 atom stereocenters. The number of nitrogens with zero attached hydrogens (tertiary/aromatic N) is 1. The predicted octanol–water partition coefficient (Wildman–Crippen LogP) is 2.23. The second-order valence-corrected chi connectivity index (χ2v) is 5.67. The van der Waals surface area contributed by atoms with Crippen molar-refractivity contribution < 1.29 is 14.3 Å². The van der Waals surface area contributed by atoms with E-state index in [1.165, 1.54) is 0 Å². The minimum atomic E-state index is -0.577. The summed E-state index contributed by atoms with van der Waals surface area (Å²) in [6.45, 7) is 0.608. The lowest BCUT2D eigenvalue weighted by atomic mass is 10.0. The first-order valence-corrected chi connectivity index (χ1v) is 7.68. The highest BCUT2D eigenvalue weighted by atomic mass is 16.5. The van der Waals surface area contributed by atoms with E-state index in [2.05, 4.69) is 17.5 Å². The predicted molar refractivity (Wildman–Crippen MR) is 82.0 cm³/mol. The van der Waals surface area contributed by atoms with E-state index in [0.29, 0.717) is 6.54 Å². The average Bonchev–Trinajstić information content (AvgIpc) is 2.96. The zero-order valence-electron chi connectivity index (χ0n) is 12.4. The first-order chi connectivity index (χ1) is 10.7. The molecule has 1 N–H and O–H groups in total. The smallest absolute Gasteiger partial charge is 0.330 e. The molecular weight excluding hydrogens is 280 g/mol. The normalized spacial score (nSPS) is 24.2. The third kappa shape index (κ3) is 3.30. The second-order valence-electron chi connectivity index (χ2n) is 5.67. The Morgan fingerprint density at radius 3 is 2.86 bits per heavy atom. The van der Waals surface area contributed by atoms with Crippen LogP contribution in [0.2, 0.25) is 0 Å². The van der Waals surface area contributed by atoms with Crippen LogP contribution in [0.4, 0.5) is 4.79 Å². The van der Waals surface area contributed by atoms with Crippen molar-refractivity contribution in [2.75, 3.05) is 6.54 Å². The van der Waals surface area contributed by atoms with Crippen LogP contribution in [0.25, 0.3) is 0 Å². The van der Waals surface area contributed by atoms with Crippen molar-refractivity contribution in [2.24, 2.45) is 0 Å². The average molecular weight is 300 g/mol. The summed E-state index contributed by atoms with van der Waals surface area (Å²) in [7, 11) is 0. The number of carbonyl (C=O) groups is 2. The Hall–Kier alpha value is -2.30. The topological polar surface area (TPSA) is 58.6 Å². The van der Waals surface area contributed by atoms with Crippen molar-refractivity contribution in [3.05, 3.63) is 48.0 Å². The van der Waals surface area contributed by atoms with Crippen LogP contribution in [0.3, 0.4) is 0 Å². The van der Waals surface area contributed by atoms with E-state index >= 15 is 0 Å². The van der Waals surface area contributed by atoms with Crippen molar-refractivity contribution in [3.8, 4) is 0 Å². The molecule has 0 saturated carbocycles. The van der Waals surface area contributed by atoms with E-state index in [1.807, 2.05) is 30.3 Å². The monoisotopic (exact) mass is 300 g/mol. The van der Waals surface area contributed by atoms with Gasteiger partial charge in [0.2, 0.25) is 0 Å². The number of esters is 1. The molecule has 2 aliphatic rings. The fraction of sp³-hybridized carbons (Fsp3) is 0.412. The maximum Gasteiger partial charge on any atom is 0.330 e. The molecule has 1 aromatic carbocycles. The van der Waals surface area contributed by atoms with Gasteiger partial charge in [-0.2, -0.15) is 0 Å². The molecular formula is C17H20N2O3. The van der Waals surface area contributed by atoms with Gasteiger partial charge in [0.1, 0.15) is 12.6 Å². The Labute approximate surface area is 129 Å². The van der Waals surface area contributed by atoms with Crippen LogP contribution in [-0.2, 0) is 16.1 Å². The highest BCUT2D eigenvalue weighted by molar-refractivity contribution is 5.87. The quantitative estimate of drug-likeness (QED) is 0.685. The standard InChI is InChI=1S/C17H20N2O3/c20-16(22-12-13-7-3-1-4-8-13)15-11-19(17(21)18-15)14-9-5-2-6-10-14/h1,3-5,7-9,14-15H,2,6,10-12H2,(H,18,21)/t14?,15-/m0/s1. The van der Waals surface area contributed by atoms with Gasteiger partial charge in [-0.15, -0.1) is 0 Å². The minimum Gasteiger partial charge on any atom is -0.459 e. The maximum absolute atomic E-state index is 12.1. The molecule has 1 fully saturated rings. The summed E-state index contributed by atoms with van der Waals surface area (Å²) in [6.07, 6.45) is 7.25. The molecule has 0 spiro atoms. The lowest BCUT2D eigenvalue weighted by Gasteiger charge is -2.26. The molecule has 0 aromatic heterocycles. The van der Waals surface area contributed by atoms with Gasteiger partial charge >= 0.3 is 12.0 Å². The van der Waals surface area contributed by atoms with Crippen LogP contribution in [-0.4, -0.2) is 35.5 Å². The number of amides is 2. The van der Waals surface area contributed by atoms with E-state index in [0.717, 1.165) is 24.8 Å². The number of urea groups is 1. The number of benzene rings is 1. The van der Waals surface area contributed by atoms with E-state index in [-0.39, 0.29) is 24.6 Å². The zero-order valence-corrected chi connectivity index (χ0v) is 12.4. The molecule has 1 aliphatic carbocycles. The van der Waals surface area contributed by atoms with Gasteiger partial charge in [0.05, 0.1) is 12.6 Å². The fourth-order valence-electron chi connectivity index (χ4n) is 2.86. The summed E-state index contributed by atoms with van der Waals surface area (Å²) in [5, 5.41) is 2.72. The highest BCUT2D eigenvalue weighted by Gasteiger charge is 2.37. The van der Waals surface area contributed by atoms with Crippen molar-refractivity contribution >= 4 is 12.0 Å². The zero-order chi connectivity index (χ0) is 15.4. The van der Waals surface area contributed by atoms with Crippen LogP contribution in [0.1, 0.15) is 24.8 Å². The first kappa shape index (κ1) is 14.6. The molecule has 2 amide bonds. The number of rotatable bonds is 4. The third-order valence-electron chi connectivity index (χ3n) is 4.08. The Morgan fingerprint density at radius 1 is 1.32 bits per heavy atom. The Kier molecular flexibility index (Phi) is 4.42. The number of allylic oxidation sites excluding steroid dienone is 1. The van der Waals surface area contributed by atoms with Gasteiger partial charge < -0.3 is 15.0 Å². The number of hydrogen-bond acceptors (Lipinski definition) is 3. The van der Waals surface area contributed by atoms with E-state index in [9.17, 15) is 9.59 Å². The number of carbonyl (C=O) groups excluding carboxylic acids is 2. The van der Waals surface area contributed by atoms with Crippen LogP contribution in [0.5, 0.6) is 0 Å². The van der Waals surface area contributed by atoms with Crippen molar-refractivity contribution in [1.82, 2.24) is 10.2 Å². The van der Waals surface area contributed by atoms with Crippen molar-refractivity contribution in [2.45, 2.75) is 38.0 Å². The van der Waals surface area contributed by atoms with E-state index in [4.69, 9.17) is 4.74 Å². The van der Waals surface area contributed by atoms with Crippen molar-refractivity contribution in [3.63, 3.8) is 0 Å². The van der Waals surface area contributed by atoms with Crippen molar-refractivity contribution in [1.29, 1.82) is 0 Å². The summed E-state index contributed by atoms with van der Waals surface area (Å²) in [6, 6.07) is 8.86. The van der Waals surface area contributed by atoms with E-state index < -0.39 is 6.04 Å². The van der Waals surface area contributed by atoms with Crippen LogP contribution >= 0.6 is 0 Å². The Balaban J connectivity index is 1.54. The number of ether oxygens (including phenoxy) is 1. The molecule has 5 heteroatoms. The van der Waals surface area contributed by atoms with Gasteiger partial charge in [-0.05, 0) is 24.8 Å². The molecule has 1 heterocycles. The number of hydrogen-bond donors (Lipinski definition) is 1. The third-order valence-corrected chi connectivity index (χ3v) is 4.08. The van der Waals surface area contributed by atoms with Gasteiger partial charge in [0.15, 0.2) is 0 Å². The van der Waals surface area contributed by atoms with Crippen LogP contribution < -0.4 is 5.32 Å². The SMILES string of the molecule is O=C(OCc1ccccc1)[C@@H]1CN(C2C=CCCC2)C(=O)N1. The van der Waals surface area contributed by atoms with Gasteiger partial charge in [0, 0.05) is 0 Å². The summed E-state index contributed by atoms with van der Waals surface area (Å²) in [4.78, 5) is 25.9. The lowest BCUT2D eigenvalue weighted by molar-refractivity contribution is -0.146. The molecule has 0 bridgehead atoms. The molecule has 1 aromatic rings. The lowest BCUT2D eigenvalue weighted by Crippen LogP contribution is -2.37. The molecule has 22 heavy (non-hydrogen) atoms. The van der Waals surface area contributed by atoms with Gasteiger partial charge in [0.25, 0.3) is 0 Å². The molecule has 0 radical (unpaired) electrons. The summed E-state index contributed by atoms with van der Waals surface area (Å²) in [5.41, 5.74) is 0.937. The molecule has 1 saturated heterocycles. The minimum absolute atomic E-state index is 0.0978. The summed E-state index contributed by atoms with van der Waals surface area (Å²) < 4.78 is 5.30. The Morgan fingerprint density at radius 2 is 2.14 bits per heavy atom. The molecule has 1 unspecified atom stereocenters. The van der Waals surface area contributed by atoms with Gasteiger partial charge in [-0.1, -0.05) is 42.5 Å². The highest BCUT2D eigenvalue weighted by Crippen LogP contribution is 2.20. The Bertz CT molecular complexity index is 571. The second kappa shape index (κ2) is 6.64. The van der Waals surface area contributed by atoms with Gasteiger partial charge in [-0.25, -0.2) is 9.59 Å². The summed E-state index contributed by atoms with van der Waals surface area (Å²) >= 11 is 0. The summed E-state index contributed by atoms with van der Waals surface area (Å²) in [5.74, 6) is -0.375. The molecule has 1 aliphatic heterocycles. The van der Waals surface area contributed by atoms with E-state index in [1.54, 1.807) is 4.90 Å². The maximum atomic E-state index is 12.1. The molecule has 5 nitrogen and oxygen atoms in total. The van der Waals surface area contributed by atoms with Crippen LogP contribution in [0, 0.1) is 0 Å². The largest absolute Gasteiger partial charge is 0.459 e. The van der Waals surface area contributed by atoms with Crippen LogP contribution in [0.15, 0.2) is 42.5 Å². The number of nitrogens with one attached hydrogen (secondary N) is 1. The molecule has 3 rings (SSSR count). The fourth-order valence-corrected chi connectivity index (χ4v) is 2.86.